The van der Waals surface area contributed by atoms with E-state index in [1.54, 1.807) is 11.3 Å². The molecule has 1 aliphatic rings. The largest absolute Gasteiger partial charge is 0.393 e. The molecule has 0 aliphatic carbocycles. The number of aliphatic hydroxyl groups is 1. The Bertz CT molecular complexity index is 450. The molecule has 1 saturated heterocycles. The maximum atomic E-state index is 9.58. The summed E-state index contributed by atoms with van der Waals surface area (Å²) in [4.78, 5) is 12.7. The Labute approximate surface area is 147 Å². The molecule has 0 saturated carbocycles. The molecule has 1 aliphatic heterocycles. The third-order valence-electron chi connectivity index (χ3n) is 3.54. The van der Waals surface area contributed by atoms with Crippen LogP contribution in [0.4, 0.5) is 0 Å². The highest BCUT2D eigenvalue weighted by atomic mass is 127. The Morgan fingerprint density at radius 2 is 2.10 bits per heavy atom. The highest BCUT2D eigenvalue weighted by Gasteiger charge is 2.19. The maximum Gasteiger partial charge on any atom is 0.194 e. The topological polar surface area (TPSA) is 60.8 Å². The van der Waals surface area contributed by atoms with Gasteiger partial charge in [0.05, 0.1) is 18.3 Å². The summed E-state index contributed by atoms with van der Waals surface area (Å²) >= 11 is 1.72. The zero-order chi connectivity index (χ0) is 14.5. The lowest BCUT2D eigenvalue weighted by Gasteiger charge is -2.32. The number of aromatic nitrogens is 1. The summed E-state index contributed by atoms with van der Waals surface area (Å²) in [6.07, 6.45) is 1.48. The predicted molar refractivity (Wildman–Crippen MR) is 98.6 cm³/mol. The fourth-order valence-electron chi connectivity index (χ4n) is 2.25. The molecule has 2 rings (SSSR count). The third kappa shape index (κ3) is 5.37. The number of guanidine groups is 1. The van der Waals surface area contributed by atoms with Crippen LogP contribution in [0.15, 0.2) is 4.99 Å². The monoisotopic (exact) mass is 424 g/mol. The molecule has 2 N–H and O–H groups in total. The minimum Gasteiger partial charge on any atom is -0.393 e. The van der Waals surface area contributed by atoms with Crippen molar-refractivity contribution < 1.29 is 5.11 Å². The molecule has 0 unspecified atom stereocenters. The van der Waals surface area contributed by atoms with E-state index < -0.39 is 0 Å². The molecule has 0 spiro atoms. The molecule has 0 radical (unpaired) electrons. The normalized spacial score (nSPS) is 16.8. The van der Waals surface area contributed by atoms with Crippen LogP contribution < -0.4 is 5.32 Å². The first-order chi connectivity index (χ1) is 9.60. The Morgan fingerprint density at radius 1 is 1.43 bits per heavy atom. The van der Waals surface area contributed by atoms with E-state index in [1.165, 1.54) is 4.88 Å². The van der Waals surface area contributed by atoms with Crippen LogP contribution in [0, 0.1) is 13.8 Å². The van der Waals surface area contributed by atoms with E-state index in [2.05, 4.69) is 34.0 Å². The van der Waals surface area contributed by atoms with Gasteiger partial charge in [-0.25, -0.2) is 9.98 Å². The van der Waals surface area contributed by atoms with Gasteiger partial charge >= 0.3 is 0 Å². The number of halogens is 1. The van der Waals surface area contributed by atoms with Crippen molar-refractivity contribution in [2.45, 2.75) is 46.3 Å². The molecule has 5 nitrogen and oxygen atoms in total. The van der Waals surface area contributed by atoms with Gasteiger partial charge in [-0.1, -0.05) is 0 Å². The average molecular weight is 424 g/mol. The molecule has 1 aromatic heterocycles. The summed E-state index contributed by atoms with van der Waals surface area (Å²) in [6.45, 7) is 9.42. The lowest BCUT2D eigenvalue weighted by molar-refractivity contribution is 0.108. The minimum atomic E-state index is -0.154. The second-order valence-electron chi connectivity index (χ2n) is 5.14. The molecule has 120 valence electrons. The van der Waals surface area contributed by atoms with Crippen LogP contribution in [0.3, 0.4) is 0 Å². The van der Waals surface area contributed by atoms with Crippen LogP contribution in [0.2, 0.25) is 0 Å². The van der Waals surface area contributed by atoms with E-state index in [-0.39, 0.29) is 30.1 Å². The number of nitrogens with zero attached hydrogens (tertiary/aromatic N) is 3. The number of hydrogen-bond donors (Lipinski definition) is 2. The third-order valence-corrected chi connectivity index (χ3v) is 4.59. The fraction of sp³-hybridized carbons (Fsp3) is 0.714. The average Bonchev–Trinajstić information content (AvgIpc) is 2.75. The van der Waals surface area contributed by atoms with E-state index in [0.29, 0.717) is 6.54 Å². The number of rotatable bonds is 3. The van der Waals surface area contributed by atoms with Gasteiger partial charge in [0.15, 0.2) is 5.96 Å². The van der Waals surface area contributed by atoms with Gasteiger partial charge in [-0.2, -0.15) is 0 Å². The van der Waals surface area contributed by atoms with Crippen LogP contribution in [0.25, 0.3) is 0 Å². The summed E-state index contributed by atoms with van der Waals surface area (Å²) in [5.74, 6) is 0.935. The number of aliphatic hydroxyl groups excluding tert-OH is 1. The lowest BCUT2D eigenvalue weighted by Crippen LogP contribution is -2.46. The molecule has 0 amide bonds. The lowest BCUT2D eigenvalue weighted by atomic mass is 10.1. The second-order valence-corrected chi connectivity index (χ2v) is 6.43. The molecule has 0 aromatic carbocycles. The Balaban J connectivity index is 0.00000220. The van der Waals surface area contributed by atoms with E-state index in [4.69, 9.17) is 0 Å². The first kappa shape index (κ1) is 18.6. The molecular formula is C14H25IN4OS. The first-order valence-electron chi connectivity index (χ1n) is 7.24. The Hall–Kier alpha value is -0.410. The summed E-state index contributed by atoms with van der Waals surface area (Å²) in [6, 6.07) is 0. The fourth-order valence-corrected chi connectivity index (χ4v) is 3.11. The molecule has 7 heteroatoms. The van der Waals surface area contributed by atoms with E-state index in [1.807, 2.05) is 6.92 Å². The molecular weight excluding hydrogens is 399 g/mol. The van der Waals surface area contributed by atoms with Gasteiger partial charge in [0.2, 0.25) is 0 Å². The van der Waals surface area contributed by atoms with Crippen LogP contribution in [0.1, 0.15) is 35.3 Å². The number of hydrogen-bond acceptors (Lipinski definition) is 4. The van der Waals surface area contributed by atoms with Gasteiger partial charge in [0.1, 0.15) is 5.01 Å². The number of thiazole rings is 1. The first-order valence-corrected chi connectivity index (χ1v) is 8.06. The van der Waals surface area contributed by atoms with Crippen LogP contribution >= 0.6 is 35.3 Å². The van der Waals surface area contributed by atoms with Crippen molar-refractivity contribution in [1.29, 1.82) is 0 Å². The zero-order valence-corrected chi connectivity index (χ0v) is 16.1. The van der Waals surface area contributed by atoms with E-state index >= 15 is 0 Å². The van der Waals surface area contributed by atoms with Gasteiger partial charge in [-0.05, 0) is 33.6 Å². The van der Waals surface area contributed by atoms with Crippen molar-refractivity contribution in [2.75, 3.05) is 19.6 Å². The molecule has 1 aromatic rings. The number of aliphatic imine (C=N–C) groups is 1. The number of nitrogens with one attached hydrogen (secondary N) is 1. The quantitative estimate of drug-likeness (QED) is 0.444. The summed E-state index contributed by atoms with van der Waals surface area (Å²) in [5.41, 5.74) is 1.10. The van der Waals surface area contributed by atoms with Crippen molar-refractivity contribution in [3.63, 3.8) is 0 Å². The standard InChI is InChI=1S/C14H24N4OS.HI/c1-4-15-14(18-7-5-12(19)6-8-18)16-9-13-17-10(2)11(3)20-13;/h12,19H,4-9H2,1-3H3,(H,15,16);1H. The number of aryl methyl sites for hydroxylation is 2. The highest BCUT2D eigenvalue weighted by Crippen LogP contribution is 2.17. The van der Waals surface area contributed by atoms with Crippen molar-refractivity contribution in [2.24, 2.45) is 4.99 Å². The minimum absolute atomic E-state index is 0. The van der Waals surface area contributed by atoms with Gasteiger partial charge in [0.25, 0.3) is 0 Å². The maximum absolute atomic E-state index is 9.58. The summed E-state index contributed by atoms with van der Waals surface area (Å²) < 4.78 is 0. The summed E-state index contributed by atoms with van der Waals surface area (Å²) in [7, 11) is 0. The van der Waals surface area contributed by atoms with Crippen LogP contribution in [-0.4, -0.2) is 46.7 Å². The molecule has 2 heterocycles. The van der Waals surface area contributed by atoms with Gasteiger partial charge < -0.3 is 15.3 Å². The van der Waals surface area contributed by atoms with Gasteiger partial charge in [0, 0.05) is 24.5 Å². The van der Waals surface area contributed by atoms with Crippen LogP contribution in [-0.2, 0) is 6.54 Å². The number of piperidine rings is 1. The SMILES string of the molecule is CCNC(=NCc1nc(C)c(C)s1)N1CCC(O)CC1.I. The van der Waals surface area contributed by atoms with Crippen molar-refractivity contribution in [1.82, 2.24) is 15.2 Å². The van der Waals surface area contributed by atoms with Gasteiger partial charge in [-0.15, -0.1) is 35.3 Å². The van der Waals surface area contributed by atoms with E-state index in [9.17, 15) is 5.11 Å². The van der Waals surface area contributed by atoms with Crippen LogP contribution in [0.5, 0.6) is 0 Å². The Morgan fingerprint density at radius 3 is 2.62 bits per heavy atom. The zero-order valence-electron chi connectivity index (χ0n) is 12.9. The van der Waals surface area contributed by atoms with Crippen molar-refractivity contribution >= 4 is 41.3 Å². The summed E-state index contributed by atoms with van der Waals surface area (Å²) in [5, 5.41) is 14.0. The molecule has 0 bridgehead atoms. The number of likely N-dealkylation sites (tertiary alicyclic amines) is 1. The predicted octanol–water partition coefficient (Wildman–Crippen LogP) is 2.30. The molecule has 21 heavy (non-hydrogen) atoms. The second kappa shape index (κ2) is 8.89. The van der Waals surface area contributed by atoms with Gasteiger partial charge in [-0.3, -0.25) is 0 Å². The Kier molecular flexibility index (Phi) is 7.89. The smallest absolute Gasteiger partial charge is 0.194 e. The van der Waals surface area contributed by atoms with Crippen molar-refractivity contribution in [3.05, 3.63) is 15.6 Å². The van der Waals surface area contributed by atoms with E-state index in [0.717, 1.165) is 49.1 Å². The molecule has 1 fully saturated rings. The van der Waals surface area contributed by atoms with Crippen molar-refractivity contribution in [3.8, 4) is 0 Å². The highest BCUT2D eigenvalue weighted by molar-refractivity contribution is 14.0. The molecule has 0 atom stereocenters.